The van der Waals surface area contributed by atoms with Crippen molar-refractivity contribution >= 4 is 12.0 Å². The summed E-state index contributed by atoms with van der Waals surface area (Å²) in [6.07, 6.45) is 3.15. The molecule has 1 N–H and O–H groups in total. The maximum Gasteiger partial charge on any atom is 0.262 e. The zero-order valence-electron chi connectivity index (χ0n) is 16.0. The number of aromatic nitrogens is 1. The molecule has 2 heterocycles. The minimum absolute atomic E-state index is 0.0431. The van der Waals surface area contributed by atoms with Crippen molar-refractivity contribution in [3.8, 4) is 17.5 Å². The third-order valence-electron chi connectivity index (χ3n) is 4.47. The van der Waals surface area contributed by atoms with E-state index in [1.54, 1.807) is 25.3 Å². The molecule has 0 aliphatic heterocycles. The Morgan fingerprint density at radius 1 is 1.29 bits per heavy atom. The summed E-state index contributed by atoms with van der Waals surface area (Å²) in [5.74, 6) is 0.975. The van der Waals surface area contributed by atoms with Crippen LogP contribution in [0.3, 0.4) is 0 Å². The number of carbonyl (C=O) groups is 1. The van der Waals surface area contributed by atoms with Crippen molar-refractivity contribution in [1.29, 1.82) is 5.26 Å². The highest BCUT2D eigenvalue weighted by atomic mass is 16.5. The number of carbonyl (C=O) groups excluding carboxylic acids is 1. The summed E-state index contributed by atoms with van der Waals surface area (Å²) in [5, 5.41) is 12.1. The Morgan fingerprint density at radius 2 is 2.04 bits per heavy atom. The number of hydrogen-bond acceptors (Lipinski definition) is 4. The molecule has 28 heavy (non-hydrogen) atoms. The van der Waals surface area contributed by atoms with E-state index in [2.05, 4.69) is 9.88 Å². The van der Waals surface area contributed by atoms with Crippen molar-refractivity contribution in [2.75, 3.05) is 7.11 Å². The third kappa shape index (κ3) is 3.99. The van der Waals surface area contributed by atoms with Crippen molar-refractivity contribution in [1.82, 2.24) is 9.88 Å². The molecular formula is C22H21N3O3. The second-order valence-electron chi connectivity index (χ2n) is 6.29. The van der Waals surface area contributed by atoms with E-state index in [4.69, 9.17) is 9.15 Å². The Bertz CT molecular complexity index is 1040. The van der Waals surface area contributed by atoms with E-state index >= 15 is 0 Å². The summed E-state index contributed by atoms with van der Waals surface area (Å²) in [6.45, 7) is 4.17. The molecular weight excluding hydrogens is 354 g/mol. The van der Waals surface area contributed by atoms with Gasteiger partial charge in [-0.3, -0.25) is 4.79 Å². The van der Waals surface area contributed by atoms with Crippen molar-refractivity contribution in [2.24, 2.45) is 0 Å². The van der Waals surface area contributed by atoms with Gasteiger partial charge in [0, 0.05) is 17.1 Å². The number of furan rings is 1. The predicted molar refractivity (Wildman–Crippen MR) is 106 cm³/mol. The maximum absolute atomic E-state index is 12.4. The van der Waals surface area contributed by atoms with Crippen molar-refractivity contribution in [3.63, 3.8) is 0 Å². The largest absolute Gasteiger partial charge is 0.497 e. The fourth-order valence-corrected chi connectivity index (χ4v) is 3.04. The molecule has 0 saturated heterocycles. The molecule has 0 radical (unpaired) electrons. The summed E-state index contributed by atoms with van der Waals surface area (Å²) in [4.78, 5) is 12.4. The van der Waals surface area contributed by atoms with E-state index in [-0.39, 0.29) is 12.1 Å². The first-order valence-corrected chi connectivity index (χ1v) is 8.79. The molecule has 0 fully saturated rings. The number of aryl methyl sites for hydroxylation is 1. The van der Waals surface area contributed by atoms with E-state index in [9.17, 15) is 10.1 Å². The monoisotopic (exact) mass is 375 g/mol. The lowest BCUT2D eigenvalue weighted by Crippen LogP contribution is -2.23. The zero-order valence-corrected chi connectivity index (χ0v) is 16.0. The SMILES string of the molecule is COc1ccc(-n2c(C)cc(/C=C(\C#N)C(=O)NCc3ccco3)c2C)cc1. The Balaban J connectivity index is 1.85. The number of rotatable bonds is 6. The van der Waals surface area contributed by atoms with Gasteiger partial charge in [-0.05, 0) is 68.0 Å². The van der Waals surface area contributed by atoms with Crippen LogP contribution in [0.1, 0.15) is 22.7 Å². The first kappa shape index (κ1) is 19.1. The number of nitrogens with one attached hydrogen (secondary N) is 1. The molecule has 3 aromatic rings. The fourth-order valence-electron chi connectivity index (χ4n) is 3.04. The number of hydrogen-bond donors (Lipinski definition) is 1. The number of benzene rings is 1. The molecule has 6 nitrogen and oxygen atoms in total. The molecule has 6 heteroatoms. The molecule has 0 saturated carbocycles. The molecule has 0 aliphatic rings. The zero-order chi connectivity index (χ0) is 20.1. The van der Waals surface area contributed by atoms with E-state index in [0.29, 0.717) is 5.76 Å². The van der Waals surface area contributed by atoms with Gasteiger partial charge in [0.2, 0.25) is 0 Å². The summed E-state index contributed by atoms with van der Waals surface area (Å²) >= 11 is 0. The van der Waals surface area contributed by atoms with Crippen LogP contribution in [0.15, 0.2) is 58.7 Å². The maximum atomic E-state index is 12.4. The average Bonchev–Trinajstić information content (AvgIpc) is 3.32. The topological polar surface area (TPSA) is 80.2 Å². The van der Waals surface area contributed by atoms with Crippen LogP contribution in [0.25, 0.3) is 11.8 Å². The summed E-state index contributed by atoms with van der Waals surface area (Å²) < 4.78 is 12.5. The highest BCUT2D eigenvalue weighted by Gasteiger charge is 2.14. The van der Waals surface area contributed by atoms with Crippen LogP contribution in [-0.2, 0) is 11.3 Å². The van der Waals surface area contributed by atoms with Gasteiger partial charge in [-0.15, -0.1) is 0 Å². The van der Waals surface area contributed by atoms with Gasteiger partial charge in [0.05, 0.1) is 19.9 Å². The molecule has 0 spiro atoms. The van der Waals surface area contributed by atoms with Crippen LogP contribution in [0.4, 0.5) is 0 Å². The predicted octanol–water partition coefficient (Wildman–Crippen LogP) is 3.92. The minimum atomic E-state index is -0.437. The lowest BCUT2D eigenvalue weighted by atomic mass is 10.1. The molecule has 142 valence electrons. The lowest BCUT2D eigenvalue weighted by Gasteiger charge is -2.10. The normalized spacial score (nSPS) is 11.1. The Kier molecular flexibility index (Phi) is 5.66. The number of amides is 1. The summed E-state index contributed by atoms with van der Waals surface area (Å²) in [5.41, 5.74) is 3.78. The molecule has 1 amide bonds. The van der Waals surface area contributed by atoms with Crippen molar-refractivity contribution in [3.05, 3.63) is 77.0 Å². The highest BCUT2D eigenvalue weighted by Crippen LogP contribution is 2.24. The summed E-state index contributed by atoms with van der Waals surface area (Å²) in [7, 11) is 1.63. The van der Waals surface area contributed by atoms with Gasteiger partial charge in [0.1, 0.15) is 23.2 Å². The number of nitrogens with zero attached hydrogens (tertiary/aromatic N) is 2. The van der Waals surface area contributed by atoms with Crippen molar-refractivity contribution < 1.29 is 13.9 Å². The first-order chi connectivity index (χ1) is 13.5. The molecule has 2 aromatic heterocycles. The van der Waals surface area contributed by atoms with Gasteiger partial charge in [-0.25, -0.2) is 0 Å². The Hall–Kier alpha value is -3.72. The van der Waals surface area contributed by atoms with Gasteiger partial charge in [0.15, 0.2) is 0 Å². The van der Waals surface area contributed by atoms with Crippen LogP contribution in [0.2, 0.25) is 0 Å². The molecule has 0 aliphatic carbocycles. The fraction of sp³-hybridized carbons (Fsp3) is 0.182. The van der Waals surface area contributed by atoms with Gasteiger partial charge in [-0.1, -0.05) is 0 Å². The average molecular weight is 375 g/mol. The quantitative estimate of drug-likeness (QED) is 0.523. The molecule has 0 unspecified atom stereocenters. The highest BCUT2D eigenvalue weighted by molar-refractivity contribution is 6.01. The van der Waals surface area contributed by atoms with Gasteiger partial charge in [0.25, 0.3) is 5.91 Å². The summed E-state index contributed by atoms with van der Waals surface area (Å²) in [6, 6.07) is 15.2. The molecule has 1 aromatic carbocycles. The van der Waals surface area contributed by atoms with E-state index in [1.807, 2.05) is 50.2 Å². The molecule has 0 atom stereocenters. The van der Waals surface area contributed by atoms with Crippen molar-refractivity contribution in [2.45, 2.75) is 20.4 Å². The van der Waals surface area contributed by atoms with Gasteiger partial charge in [-0.2, -0.15) is 5.26 Å². The van der Waals surface area contributed by atoms with Crippen LogP contribution >= 0.6 is 0 Å². The van der Waals surface area contributed by atoms with Gasteiger partial charge < -0.3 is 19.0 Å². The minimum Gasteiger partial charge on any atom is -0.497 e. The number of nitriles is 1. The number of methoxy groups -OCH3 is 1. The standard InChI is InChI=1S/C22H21N3O3/c1-15-11-17(16(2)25(15)19-6-8-20(27-3)9-7-19)12-18(13-23)22(26)24-14-21-5-4-10-28-21/h4-12H,14H2,1-3H3,(H,24,26)/b18-12+. The lowest BCUT2D eigenvalue weighted by molar-refractivity contribution is -0.117. The van der Waals surface area contributed by atoms with Crippen LogP contribution in [-0.4, -0.2) is 17.6 Å². The smallest absolute Gasteiger partial charge is 0.262 e. The second-order valence-corrected chi connectivity index (χ2v) is 6.29. The first-order valence-electron chi connectivity index (χ1n) is 8.79. The number of ether oxygens (including phenoxy) is 1. The Labute approximate surface area is 163 Å². The van der Waals surface area contributed by atoms with Gasteiger partial charge >= 0.3 is 0 Å². The molecule has 3 rings (SSSR count). The van der Waals surface area contributed by atoms with E-state index in [1.165, 1.54) is 6.26 Å². The van der Waals surface area contributed by atoms with Crippen LogP contribution in [0, 0.1) is 25.2 Å². The Morgan fingerprint density at radius 3 is 2.64 bits per heavy atom. The second kappa shape index (κ2) is 8.31. The molecule has 0 bridgehead atoms. The van der Waals surface area contributed by atoms with Crippen LogP contribution in [0.5, 0.6) is 5.75 Å². The van der Waals surface area contributed by atoms with Crippen LogP contribution < -0.4 is 10.1 Å². The third-order valence-corrected chi connectivity index (χ3v) is 4.47. The van der Waals surface area contributed by atoms with E-state index in [0.717, 1.165) is 28.4 Å². The van der Waals surface area contributed by atoms with E-state index < -0.39 is 5.91 Å².